The Balaban J connectivity index is 1.86. The first-order chi connectivity index (χ1) is 14.4. The number of ether oxygens (including phenoxy) is 5. The molecule has 0 spiro atoms. The van der Waals surface area contributed by atoms with Crippen molar-refractivity contribution in [2.24, 2.45) is 11.0 Å². The zero-order valence-electron chi connectivity index (χ0n) is 17.7. The van der Waals surface area contributed by atoms with Gasteiger partial charge in [0, 0.05) is 29.2 Å². The smallest absolute Gasteiger partial charge is 0.231 e. The number of nitrogens with zero attached hydrogens (tertiary/aromatic N) is 1. The number of benzene rings is 2. The standard InChI is InChI=1S/C22H26N2O6/c1-11(2)23-24-22-12(3)20(13-6-18(26-4)21(25)19(7-13)27-5)14-8-16-17(29-10-28-16)9-15(14)30-22/h6-9,12,20,22,24-25H,10H2,1-5H3/t12-,20-,22-/m0/s1. The van der Waals surface area contributed by atoms with E-state index < -0.39 is 0 Å². The predicted molar refractivity (Wildman–Crippen MR) is 111 cm³/mol. The van der Waals surface area contributed by atoms with Crippen molar-refractivity contribution in [3.05, 3.63) is 35.4 Å². The lowest BCUT2D eigenvalue weighted by Gasteiger charge is -2.38. The molecular weight excluding hydrogens is 388 g/mol. The molecule has 0 fully saturated rings. The van der Waals surface area contributed by atoms with Crippen molar-refractivity contribution in [3.8, 4) is 34.5 Å². The van der Waals surface area contributed by atoms with E-state index in [4.69, 9.17) is 23.7 Å². The highest BCUT2D eigenvalue weighted by Crippen LogP contribution is 2.50. The maximum Gasteiger partial charge on any atom is 0.231 e. The van der Waals surface area contributed by atoms with Gasteiger partial charge < -0.3 is 28.8 Å². The molecule has 0 saturated heterocycles. The molecule has 2 heterocycles. The van der Waals surface area contributed by atoms with Gasteiger partial charge in [-0.05, 0) is 37.6 Å². The van der Waals surface area contributed by atoms with Gasteiger partial charge in [0.2, 0.25) is 12.5 Å². The van der Waals surface area contributed by atoms with Crippen LogP contribution in [0.15, 0.2) is 29.4 Å². The lowest BCUT2D eigenvalue weighted by atomic mass is 9.78. The van der Waals surface area contributed by atoms with Crippen LogP contribution in [-0.4, -0.2) is 38.1 Å². The Morgan fingerprint density at radius 3 is 2.27 bits per heavy atom. The van der Waals surface area contributed by atoms with Crippen LogP contribution in [-0.2, 0) is 0 Å². The summed E-state index contributed by atoms with van der Waals surface area (Å²) in [6.07, 6.45) is -0.372. The fourth-order valence-corrected chi connectivity index (χ4v) is 3.90. The summed E-state index contributed by atoms with van der Waals surface area (Å²) in [4.78, 5) is 0. The first kappa shape index (κ1) is 20.0. The van der Waals surface area contributed by atoms with Crippen molar-refractivity contribution < 1.29 is 28.8 Å². The first-order valence-electron chi connectivity index (χ1n) is 9.74. The fourth-order valence-electron chi connectivity index (χ4n) is 3.90. The molecule has 2 N–H and O–H groups in total. The topological polar surface area (TPSA) is 90.8 Å². The fraction of sp³-hybridized carbons (Fsp3) is 0.409. The molecule has 0 amide bonds. The van der Waals surface area contributed by atoms with Crippen LogP contribution in [0, 0.1) is 5.92 Å². The summed E-state index contributed by atoms with van der Waals surface area (Å²) in [7, 11) is 3.03. The predicted octanol–water partition coefficient (Wildman–Crippen LogP) is 3.61. The van der Waals surface area contributed by atoms with Gasteiger partial charge in [0.15, 0.2) is 29.2 Å². The molecule has 2 aliphatic rings. The van der Waals surface area contributed by atoms with Gasteiger partial charge in [-0.3, -0.25) is 5.43 Å². The number of phenolic OH excluding ortho intramolecular Hbond substituents is 1. The van der Waals surface area contributed by atoms with Gasteiger partial charge in [0.05, 0.1) is 14.2 Å². The summed E-state index contributed by atoms with van der Waals surface area (Å²) in [5.74, 6) is 2.56. The molecule has 0 unspecified atom stereocenters. The Morgan fingerprint density at radius 1 is 1.03 bits per heavy atom. The van der Waals surface area contributed by atoms with E-state index in [1.807, 2.05) is 38.1 Å². The Hall–Kier alpha value is -3.29. The number of aromatic hydroxyl groups is 1. The molecule has 0 aromatic heterocycles. The third kappa shape index (κ3) is 3.42. The number of nitrogens with one attached hydrogen (secondary N) is 1. The number of phenols is 1. The van der Waals surface area contributed by atoms with Crippen molar-refractivity contribution in [3.63, 3.8) is 0 Å². The van der Waals surface area contributed by atoms with Crippen molar-refractivity contribution in [2.45, 2.75) is 32.9 Å². The van der Waals surface area contributed by atoms with Crippen LogP contribution in [0.2, 0.25) is 0 Å². The van der Waals surface area contributed by atoms with Crippen LogP contribution in [0.1, 0.15) is 37.8 Å². The summed E-state index contributed by atoms with van der Waals surface area (Å²) in [5, 5.41) is 14.7. The summed E-state index contributed by atoms with van der Waals surface area (Å²) in [6, 6.07) is 7.45. The normalized spacial score (nSPS) is 21.3. The minimum atomic E-state index is -0.372. The first-order valence-corrected chi connectivity index (χ1v) is 9.74. The van der Waals surface area contributed by atoms with E-state index in [-0.39, 0.29) is 30.6 Å². The molecule has 4 rings (SSSR count). The third-order valence-electron chi connectivity index (χ3n) is 5.37. The number of rotatable bonds is 5. The van der Waals surface area contributed by atoms with Gasteiger partial charge >= 0.3 is 0 Å². The molecule has 3 atom stereocenters. The molecule has 0 saturated carbocycles. The van der Waals surface area contributed by atoms with Gasteiger partial charge in [-0.2, -0.15) is 5.10 Å². The number of methoxy groups -OCH3 is 2. The highest BCUT2D eigenvalue weighted by molar-refractivity contribution is 5.78. The van der Waals surface area contributed by atoms with Crippen LogP contribution in [0.25, 0.3) is 0 Å². The van der Waals surface area contributed by atoms with Gasteiger partial charge in [-0.25, -0.2) is 0 Å². The lowest BCUT2D eigenvalue weighted by Crippen LogP contribution is -2.43. The molecule has 8 nitrogen and oxygen atoms in total. The maximum atomic E-state index is 10.4. The summed E-state index contributed by atoms with van der Waals surface area (Å²) in [5.41, 5.74) is 5.90. The number of hydrogen-bond donors (Lipinski definition) is 2. The Bertz CT molecular complexity index is 961. The van der Waals surface area contributed by atoms with Gasteiger partial charge in [0.1, 0.15) is 5.75 Å². The number of hydrazone groups is 1. The highest BCUT2D eigenvalue weighted by atomic mass is 16.7. The van der Waals surface area contributed by atoms with Crippen molar-refractivity contribution in [1.29, 1.82) is 0 Å². The second-order valence-electron chi connectivity index (χ2n) is 7.58. The largest absolute Gasteiger partial charge is 0.502 e. The van der Waals surface area contributed by atoms with Crippen LogP contribution < -0.4 is 29.1 Å². The molecule has 0 aliphatic carbocycles. The van der Waals surface area contributed by atoms with Gasteiger partial charge in [0.25, 0.3) is 0 Å². The van der Waals surface area contributed by atoms with E-state index in [1.54, 1.807) is 0 Å². The molecule has 2 aromatic carbocycles. The van der Waals surface area contributed by atoms with Crippen LogP contribution in [0.3, 0.4) is 0 Å². The molecule has 2 aliphatic heterocycles. The zero-order chi connectivity index (χ0) is 21.4. The van der Waals surface area contributed by atoms with Crippen LogP contribution in [0.5, 0.6) is 34.5 Å². The Labute approximate surface area is 175 Å². The van der Waals surface area contributed by atoms with Crippen LogP contribution >= 0.6 is 0 Å². The van der Waals surface area contributed by atoms with E-state index in [0.717, 1.165) is 16.8 Å². The quantitative estimate of drug-likeness (QED) is 0.570. The van der Waals surface area contributed by atoms with E-state index in [9.17, 15) is 5.11 Å². The van der Waals surface area contributed by atoms with E-state index >= 15 is 0 Å². The summed E-state index contributed by atoms with van der Waals surface area (Å²) < 4.78 is 28.1. The lowest BCUT2D eigenvalue weighted by molar-refractivity contribution is 0.0803. The monoisotopic (exact) mass is 414 g/mol. The van der Waals surface area contributed by atoms with Crippen molar-refractivity contribution in [1.82, 2.24) is 5.43 Å². The van der Waals surface area contributed by atoms with Crippen molar-refractivity contribution >= 4 is 5.71 Å². The molecular formula is C22H26N2O6. The number of hydrogen-bond acceptors (Lipinski definition) is 8. The average Bonchev–Trinajstić information content (AvgIpc) is 3.18. The zero-order valence-corrected chi connectivity index (χ0v) is 17.7. The van der Waals surface area contributed by atoms with Gasteiger partial charge in [-0.15, -0.1) is 0 Å². The molecule has 30 heavy (non-hydrogen) atoms. The van der Waals surface area contributed by atoms with E-state index in [2.05, 4.69) is 17.5 Å². The number of fused-ring (bicyclic) bond motifs is 2. The molecule has 0 radical (unpaired) electrons. The molecule has 8 heteroatoms. The van der Waals surface area contributed by atoms with E-state index in [1.165, 1.54) is 14.2 Å². The Kier molecular flexibility index (Phi) is 5.24. The van der Waals surface area contributed by atoms with Gasteiger partial charge in [-0.1, -0.05) is 6.92 Å². The van der Waals surface area contributed by atoms with Crippen molar-refractivity contribution in [2.75, 3.05) is 21.0 Å². The third-order valence-corrected chi connectivity index (χ3v) is 5.37. The second-order valence-corrected chi connectivity index (χ2v) is 7.58. The van der Waals surface area contributed by atoms with Crippen LogP contribution in [0.4, 0.5) is 0 Å². The minimum Gasteiger partial charge on any atom is -0.502 e. The maximum absolute atomic E-state index is 10.4. The highest BCUT2D eigenvalue weighted by Gasteiger charge is 2.39. The molecule has 0 bridgehead atoms. The minimum absolute atomic E-state index is 0.0140. The average molecular weight is 414 g/mol. The molecule has 160 valence electrons. The second kappa shape index (κ2) is 7.85. The Morgan fingerprint density at radius 2 is 1.67 bits per heavy atom. The summed E-state index contributed by atoms with van der Waals surface area (Å²) in [6.45, 7) is 6.10. The summed E-state index contributed by atoms with van der Waals surface area (Å²) >= 11 is 0. The van der Waals surface area contributed by atoms with E-state index in [0.29, 0.717) is 28.7 Å². The molecule has 2 aromatic rings. The SMILES string of the molecule is COc1cc([C@H]2c3cc4c(cc3O[C@H](NN=C(C)C)[C@H]2C)OCO4)cc(OC)c1O.